The van der Waals surface area contributed by atoms with Crippen molar-refractivity contribution in [1.29, 1.82) is 0 Å². The zero-order chi connectivity index (χ0) is 18.9. The molecular formula is C18H24N6OS. The lowest BCUT2D eigenvalue weighted by Gasteiger charge is -2.16. The van der Waals surface area contributed by atoms with Crippen LogP contribution in [0.5, 0.6) is 0 Å². The van der Waals surface area contributed by atoms with Crippen molar-refractivity contribution in [2.45, 2.75) is 56.9 Å². The van der Waals surface area contributed by atoms with Crippen LogP contribution in [0.2, 0.25) is 0 Å². The predicted molar refractivity (Wildman–Crippen MR) is 102 cm³/mol. The van der Waals surface area contributed by atoms with E-state index in [9.17, 15) is 0 Å². The first-order valence-electron chi connectivity index (χ1n) is 8.52. The molecule has 0 radical (unpaired) electrons. The third kappa shape index (κ3) is 3.90. The Kier molecular flexibility index (Phi) is 5.04. The fraction of sp³-hybridized carbons (Fsp3) is 0.444. The zero-order valence-electron chi connectivity index (χ0n) is 15.7. The number of hydrogen-bond donors (Lipinski definition) is 1. The standard InChI is InChI=1S/C18H24N6OS/c1-11(2)12-6-8-13(9-7-12)15-20-14(25-23-15)10-26-17-22-21-16(24(17)19)18(3,4)5/h6-9,11H,10,19H2,1-5H3. The molecule has 0 aliphatic rings. The van der Waals surface area contributed by atoms with E-state index in [1.165, 1.54) is 22.0 Å². The average Bonchev–Trinajstić information content (AvgIpc) is 3.19. The van der Waals surface area contributed by atoms with Crippen LogP contribution in [0.15, 0.2) is 33.9 Å². The first kappa shape index (κ1) is 18.4. The Hall–Kier alpha value is -2.35. The number of nitrogens with two attached hydrogens (primary N) is 1. The van der Waals surface area contributed by atoms with Gasteiger partial charge in [0.2, 0.25) is 16.9 Å². The fourth-order valence-electron chi connectivity index (χ4n) is 2.46. The van der Waals surface area contributed by atoms with Crippen LogP contribution in [0.25, 0.3) is 11.4 Å². The molecule has 0 fully saturated rings. The normalized spacial score (nSPS) is 12.1. The minimum Gasteiger partial charge on any atom is -0.338 e. The molecule has 2 N–H and O–H groups in total. The summed E-state index contributed by atoms with van der Waals surface area (Å²) >= 11 is 1.42. The van der Waals surface area contributed by atoms with Crippen molar-refractivity contribution >= 4 is 11.8 Å². The second-order valence-electron chi connectivity index (χ2n) is 7.50. The lowest BCUT2D eigenvalue weighted by molar-refractivity contribution is 0.391. The maximum Gasteiger partial charge on any atom is 0.237 e. The highest BCUT2D eigenvalue weighted by Crippen LogP contribution is 2.26. The fourth-order valence-corrected chi connectivity index (χ4v) is 3.15. The Bertz CT molecular complexity index is 876. The molecule has 7 nitrogen and oxygen atoms in total. The first-order chi connectivity index (χ1) is 12.3. The third-order valence-electron chi connectivity index (χ3n) is 3.96. The summed E-state index contributed by atoms with van der Waals surface area (Å²) in [6.07, 6.45) is 0. The summed E-state index contributed by atoms with van der Waals surface area (Å²) in [5.74, 6) is 8.91. The molecule has 2 aromatic heterocycles. The lowest BCUT2D eigenvalue weighted by atomic mass is 9.96. The molecule has 0 atom stereocenters. The summed E-state index contributed by atoms with van der Waals surface area (Å²) in [5.41, 5.74) is 2.05. The molecule has 3 aromatic rings. The van der Waals surface area contributed by atoms with Crippen molar-refractivity contribution in [3.8, 4) is 11.4 Å². The number of nitrogen functional groups attached to an aromatic ring is 1. The molecule has 0 aliphatic carbocycles. The summed E-state index contributed by atoms with van der Waals surface area (Å²) in [4.78, 5) is 4.46. The topological polar surface area (TPSA) is 95.7 Å². The van der Waals surface area contributed by atoms with Gasteiger partial charge in [0.05, 0.1) is 5.75 Å². The number of hydrogen-bond acceptors (Lipinski definition) is 7. The highest BCUT2D eigenvalue weighted by atomic mass is 32.2. The summed E-state index contributed by atoms with van der Waals surface area (Å²) in [6, 6.07) is 8.22. The van der Waals surface area contributed by atoms with Gasteiger partial charge < -0.3 is 10.4 Å². The van der Waals surface area contributed by atoms with Crippen LogP contribution in [-0.2, 0) is 11.2 Å². The van der Waals surface area contributed by atoms with Crippen LogP contribution in [0.3, 0.4) is 0 Å². The molecule has 0 saturated heterocycles. The van der Waals surface area contributed by atoms with Crippen LogP contribution >= 0.6 is 11.8 Å². The molecule has 2 heterocycles. The molecule has 3 rings (SSSR count). The van der Waals surface area contributed by atoms with Gasteiger partial charge in [0.25, 0.3) is 0 Å². The Labute approximate surface area is 157 Å². The van der Waals surface area contributed by atoms with Crippen LogP contribution in [0.1, 0.15) is 57.8 Å². The van der Waals surface area contributed by atoms with Gasteiger partial charge in [0.15, 0.2) is 5.82 Å². The van der Waals surface area contributed by atoms with Crippen LogP contribution in [-0.4, -0.2) is 25.0 Å². The minimum absolute atomic E-state index is 0.166. The Balaban J connectivity index is 1.68. The molecular weight excluding hydrogens is 348 g/mol. The van der Waals surface area contributed by atoms with Gasteiger partial charge in [-0.15, -0.1) is 10.2 Å². The van der Waals surface area contributed by atoms with Crippen molar-refractivity contribution in [1.82, 2.24) is 25.0 Å². The van der Waals surface area contributed by atoms with Crippen molar-refractivity contribution in [2.24, 2.45) is 0 Å². The number of thioether (sulfide) groups is 1. The molecule has 0 saturated carbocycles. The Morgan fingerprint density at radius 2 is 1.85 bits per heavy atom. The molecule has 0 bridgehead atoms. The van der Waals surface area contributed by atoms with Crippen molar-refractivity contribution in [3.05, 3.63) is 41.5 Å². The Morgan fingerprint density at radius 1 is 1.15 bits per heavy atom. The molecule has 8 heteroatoms. The molecule has 0 spiro atoms. The van der Waals surface area contributed by atoms with E-state index < -0.39 is 0 Å². The third-order valence-corrected chi connectivity index (χ3v) is 4.89. The lowest BCUT2D eigenvalue weighted by Crippen LogP contribution is -2.24. The minimum atomic E-state index is -0.166. The van der Waals surface area contributed by atoms with E-state index >= 15 is 0 Å². The summed E-state index contributed by atoms with van der Waals surface area (Å²) in [5, 5.41) is 13.0. The first-order valence-corrected chi connectivity index (χ1v) is 9.51. The van der Waals surface area contributed by atoms with Gasteiger partial charge in [-0.3, -0.25) is 0 Å². The van der Waals surface area contributed by atoms with E-state index in [-0.39, 0.29) is 5.41 Å². The van der Waals surface area contributed by atoms with Gasteiger partial charge in [0, 0.05) is 11.0 Å². The largest absolute Gasteiger partial charge is 0.338 e. The molecule has 138 valence electrons. The predicted octanol–water partition coefficient (Wildman–Crippen LogP) is 3.76. The van der Waals surface area contributed by atoms with Crippen LogP contribution in [0, 0.1) is 0 Å². The quantitative estimate of drug-likeness (QED) is 0.538. The van der Waals surface area contributed by atoms with Crippen LogP contribution in [0.4, 0.5) is 0 Å². The number of aromatic nitrogens is 5. The molecule has 0 aliphatic heterocycles. The van der Waals surface area contributed by atoms with Crippen molar-refractivity contribution < 1.29 is 4.52 Å². The van der Waals surface area contributed by atoms with E-state index in [1.807, 2.05) is 32.9 Å². The Morgan fingerprint density at radius 3 is 2.42 bits per heavy atom. The van der Waals surface area contributed by atoms with E-state index in [4.69, 9.17) is 10.4 Å². The van der Waals surface area contributed by atoms with E-state index in [0.717, 1.165) is 11.4 Å². The van der Waals surface area contributed by atoms with Crippen LogP contribution < -0.4 is 5.84 Å². The van der Waals surface area contributed by atoms with Gasteiger partial charge in [0.1, 0.15) is 0 Å². The molecule has 26 heavy (non-hydrogen) atoms. The second kappa shape index (κ2) is 7.11. The van der Waals surface area contributed by atoms with E-state index in [0.29, 0.717) is 28.5 Å². The highest BCUT2D eigenvalue weighted by Gasteiger charge is 2.23. The summed E-state index contributed by atoms with van der Waals surface area (Å²) in [6.45, 7) is 10.5. The highest BCUT2D eigenvalue weighted by molar-refractivity contribution is 7.98. The number of nitrogens with zero attached hydrogens (tertiary/aromatic N) is 5. The number of rotatable bonds is 5. The van der Waals surface area contributed by atoms with Gasteiger partial charge in [-0.1, -0.05) is 75.8 Å². The van der Waals surface area contributed by atoms with Gasteiger partial charge in [-0.25, -0.2) is 4.68 Å². The van der Waals surface area contributed by atoms with Gasteiger partial charge >= 0.3 is 0 Å². The monoisotopic (exact) mass is 372 g/mol. The molecule has 1 aromatic carbocycles. The maximum atomic E-state index is 6.09. The summed E-state index contributed by atoms with van der Waals surface area (Å²) in [7, 11) is 0. The maximum absolute atomic E-state index is 6.09. The van der Waals surface area contributed by atoms with Gasteiger partial charge in [-0.05, 0) is 11.5 Å². The van der Waals surface area contributed by atoms with Gasteiger partial charge in [-0.2, -0.15) is 4.98 Å². The summed E-state index contributed by atoms with van der Waals surface area (Å²) < 4.78 is 6.87. The number of benzene rings is 1. The second-order valence-corrected chi connectivity index (χ2v) is 8.45. The zero-order valence-corrected chi connectivity index (χ0v) is 16.5. The van der Waals surface area contributed by atoms with E-state index in [2.05, 4.69) is 46.3 Å². The average molecular weight is 372 g/mol. The molecule has 0 unspecified atom stereocenters. The van der Waals surface area contributed by atoms with Crippen molar-refractivity contribution in [2.75, 3.05) is 5.84 Å². The smallest absolute Gasteiger partial charge is 0.237 e. The van der Waals surface area contributed by atoms with Crippen molar-refractivity contribution in [3.63, 3.8) is 0 Å². The van der Waals surface area contributed by atoms with E-state index in [1.54, 1.807) is 0 Å². The SMILES string of the molecule is CC(C)c1ccc(-c2noc(CSc3nnc(C(C)(C)C)n3N)n2)cc1. The molecule has 0 amide bonds.